The normalized spacial score (nSPS) is 9.83. The number of anilines is 1. The summed E-state index contributed by atoms with van der Waals surface area (Å²) in [7, 11) is 0. The number of nitrogens with zero attached hydrogens (tertiary/aromatic N) is 1. The minimum Gasteiger partial charge on any atom is -0.153 e. The zero-order valence-corrected chi connectivity index (χ0v) is 7.85. The average Bonchev–Trinajstić information content (AvgIpc) is 2.15. The standard InChI is InChI=1S/C9H12FNS/c1-2-8-12-11(10)9-6-4-3-5-7-9/h3-7H,2,8H2,1H3. The van der Waals surface area contributed by atoms with E-state index >= 15 is 0 Å². The van der Waals surface area contributed by atoms with Gasteiger partial charge in [0.2, 0.25) is 0 Å². The predicted octanol–water partition coefficient (Wildman–Crippen LogP) is 3.44. The van der Waals surface area contributed by atoms with Crippen molar-refractivity contribution in [1.82, 2.24) is 0 Å². The molecule has 0 aliphatic rings. The second kappa shape index (κ2) is 5.04. The third-order valence-corrected chi connectivity index (χ3v) is 2.40. The van der Waals surface area contributed by atoms with Crippen molar-refractivity contribution in [3.05, 3.63) is 30.3 Å². The van der Waals surface area contributed by atoms with Gasteiger partial charge in [0.1, 0.15) is 0 Å². The first kappa shape index (κ1) is 9.39. The van der Waals surface area contributed by atoms with Gasteiger partial charge in [-0.05, 0) is 30.5 Å². The number of halogens is 1. The summed E-state index contributed by atoms with van der Waals surface area (Å²) in [6.07, 6.45) is 0.984. The molecule has 0 bridgehead atoms. The number of hydrogen-bond donors (Lipinski definition) is 0. The van der Waals surface area contributed by atoms with Crippen molar-refractivity contribution in [1.29, 1.82) is 0 Å². The van der Waals surface area contributed by atoms with Crippen molar-refractivity contribution in [2.24, 2.45) is 0 Å². The lowest BCUT2D eigenvalue weighted by Crippen LogP contribution is -2.00. The van der Waals surface area contributed by atoms with Crippen LogP contribution >= 0.6 is 11.9 Å². The minimum absolute atomic E-state index is 0.607. The molecule has 0 spiro atoms. The molecule has 1 aromatic carbocycles. The molecule has 0 fully saturated rings. The van der Waals surface area contributed by atoms with Gasteiger partial charge in [-0.25, -0.2) is 0 Å². The summed E-state index contributed by atoms with van der Waals surface area (Å²) >= 11 is 1.20. The van der Waals surface area contributed by atoms with E-state index in [1.807, 2.05) is 25.1 Å². The summed E-state index contributed by atoms with van der Waals surface area (Å²) in [5, 5.41) is 0. The van der Waals surface area contributed by atoms with Crippen LogP contribution in [-0.4, -0.2) is 5.75 Å². The molecule has 1 aromatic rings. The number of benzene rings is 1. The Morgan fingerprint density at radius 1 is 1.33 bits per heavy atom. The number of rotatable bonds is 4. The van der Waals surface area contributed by atoms with Crippen molar-refractivity contribution in [3.63, 3.8) is 0 Å². The Bertz CT molecular complexity index is 215. The van der Waals surface area contributed by atoms with Crippen molar-refractivity contribution < 1.29 is 4.48 Å². The van der Waals surface area contributed by atoms with Gasteiger partial charge in [-0.3, -0.25) is 0 Å². The van der Waals surface area contributed by atoms with Crippen LogP contribution in [-0.2, 0) is 0 Å². The average molecular weight is 185 g/mol. The van der Waals surface area contributed by atoms with E-state index in [4.69, 9.17) is 0 Å². The van der Waals surface area contributed by atoms with E-state index in [0.717, 1.165) is 12.2 Å². The fourth-order valence-electron chi connectivity index (χ4n) is 0.791. The van der Waals surface area contributed by atoms with Gasteiger partial charge in [0.25, 0.3) is 0 Å². The topological polar surface area (TPSA) is 3.24 Å². The van der Waals surface area contributed by atoms with E-state index in [2.05, 4.69) is 0 Å². The summed E-state index contributed by atoms with van der Waals surface area (Å²) < 4.78 is 13.8. The van der Waals surface area contributed by atoms with Crippen LogP contribution in [0.5, 0.6) is 0 Å². The highest BCUT2D eigenvalue weighted by Gasteiger charge is 2.02. The van der Waals surface area contributed by atoms with Crippen LogP contribution in [0.3, 0.4) is 0 Å². The Hall–Kier alpha value is -0.700. The first-order chi connectivity index (χ1) is 5.84. The second-order valence-electron chi connectivity index (χ2n) is 2.41. The van der Waals surface area contributed by atoms with Crippen LogP contribution in [0.15, 0.2) is 30.3 Å². The molecule has 0 unspecified atom stereocenters. The summed E-state index contributed by atoms with van der Waals surface area (Å²) in [5.74, 6) is 0.811. The highest BCUT2D eigenvalue weighted by Crippen LogP contribution is 2.22. The third-order valence-electron chi connectivity index (χ3n) is 1.37. The SMILES string of the molecule is CCCSN(F)c1ccccc1. The zero-order chi connectivity index (χ0) is 8.81. The summed E-state index contributed by atoms with van der Waals surface area (Å²) in [6, 6.07) is 9.04. The van der Waals surface area contributed by atoms with Crippen LogP contribution in [0.4, 0.5) is 10.2 Å². The highest BCUT2D eigenvalue weighted by atomic mass is 32.2. The van der Waals surface area contributed by atoms with Crippen molar-refractivity contribution in [3.8, 4) is 0 Å². The molecule has 0 amide bonds. The molecule has 66 valence electrons. The molecule has 12 heavy (non-hydrogen) atoms. The van der Waals surface area contributed by atoms with Crippen molar-refractivity contribution in [2.45, 2.75) is 13.3 Å². The Morgan fingerprint density at radius 3 is 2.58 bits per heavy atom. The maximum atomic E-state index is 13.1. The lowest BCUT2D eigenvalue weighted by Gasteiger charge is -2.10. The van der Waals surface area contributed by atoms with Crippen molar-refractivity contribution >= 4 is 17.6 Å². The predicted molar refractivity (Wildman–Crippen MR) is 52.8 cm³/mol. The Kier molecular flexibility index (Phi) is 3.94. The molecule has 0 atom stereocenters. The first-order valence-electron chi connectivity index (χ1n) is 3.98. The molecular formula is C9H12FNS. The molecule has 0 aliphatic carbocycles. The van der Waals surface area contributed by atoms with Crippen LogP contribution < -0.4 is 4.53 Å². The van der Waals surface area contributed by atoms with Crippen LogP contribution in [0.1, 0.15) is 13.3 Å². The fourth-order valence-corrected chi connectivity index (χ4v) is 1.40. The Balaban J connectivity index is 2.48. The molecule has 0 radical (unpaired) electrons. The van der Waals surface area contributed by atoms with Gasteiger partial charge in [0.05, 0.1) is 5.69 Å². The second-order valence-corrected chi connectivity index (χ2v) is 3.40. The molecule has 0 saturated carbocycles. The molecule has 0 aromatic heterocycles. The summed E-state index contributed by atoms with van der Waals surface area (Å²) in [6.45, 7) is 2.03. The maximum Gasteiger partial charge on any atom is 0.0818 e. The van der Waals surface area contributed by atoms with E-state index in [9.17, 15) is 4.48 Å². The Morgan fingerprint density at radius 2 is 2.00 bits per heavy atom. The molecule has 1 rings (SSSR count). The molecule has 0 N–H and O–H groups in total. The fraction of sp³-hybridized carbons (Fsp3) is 0.333. The molecule has 0 heterocycles. The molecule has 3 heteroatoms. The number of hydrogen-bond acceptors (Lipinski definition) is 2. The lowest BCUT2D eigenvalue weighted by atomic mass is 10.3. The van der Waals surface area contributed by atoms with Crippen LogP contribution in [0.2, 0.25) is 0 Å². The summed E-state index contributed by atoms with van der Waals surface area (Å²) in [4.78, 5) is 0. The maximum absolute atomic E-state index is 13.1. The van der Waals surface area contributed by atoms with Gasteiger partial charge in [0, 0.05) is 5.75 Å². The van der Waals surface area contributed by atoms with Crippen LogP contribution in [0, 0.1) is 0 Å². The minimum atomic E-state index is 0.607. The summed E-state index contributed by atoms with van der Waals surface area (Å²) in [5.41, 5.74) is 0.607. The van der Waals surface area contributed by atoms with Gasteiger partial charge in [-0.1, -0.05) is 29.6 Å². The highest BCUT2D eigenvalue weighted by molar-refractivity contribution is 8.00. The Labute approximate surface area is 76.6 Å². The van der Waals surface area contributed by atoms with E-state index < -0.39 is 0 Å². The molecular weight excluding hydrogens is 173 g/mol. The number of para-hydroxylation sites is 1. The van der Waals surface area contributed by atoms with Gasteiger partial charge in [-0.15, -0.1) is 0 Å². The third kappa shape index (κ3) is 2.74. The molecule has 0 aliphatic heterocycles. The molecule has 1 nitrogen and oxygen atoms in total. The molecule has 0 saturated heterocycles. The monoisotopic (exact) mass is 185 g/mol. The van der Waals surface area contributed by atoms with E-state index in [1.54, 1.807) is 12.1 Å². The lowest BCUT2D eigenvalue weighted by molar-refractivity contribution is 0.547. The first-order valence-corrected chi connectivity index (χ1v) is 4.92. The van der Waals surface area contributed by atoms with Gasteiger partial charge in [-0.2, -0.15) is 4.53 Å². The smallest absolute Gasteiger partial charge is 0.0818 e. The van der Waals surface area contributed by atoms with Gasteiger partial charge >= 0.3 is 0 Å². The van der Waals surface area contributed by atoms with Crippen molar-refractivity contribution in [2.75, 3.05) is 10.3 Å². The van der Waals surface area contributed by atoms with Gasteiger partial charge < -0.3 is 0 Å². The quantitative estimate of drug-likeness (QED) is 0.522. The largest absolute Gasteiger partial charge is 0.153 e. The van der Waals surface area contributed by atoms with Crippen LogP contribution in [0.25, 0.3) is 0 Å². The van der Waals surface area contributed by atoms with Gasteiger partial charge in [0.15, 0.2) is 0 Å². The van der Waals surface area contributed by atoms with E-state index in [-0.39, 0.29) is 0 Å². The van der Waals surface area contributed by atoms with E-state index in [0.29, 0.717) is 10.2 Å². The zero-order valence-electron chi connectivity index (χ0n) is 7.03. The van der Waals surface area contributed by atoms with E-state index in [1.165, 1.54) is 11.9 Å².